The van der Waals surface area contributed by atoms with E-state index in [9.17, 15) is 4.79 Å². The zero-order valence-corrected chi connectivity index (χ0v) is 26.4. The molecule has 2 saturated carbocycles. The molecule has 4 bridgehead atoms. The van der Waals surface area contributed by atoms with E-state index in [0.29, 0.717) is 18.6 Å². The van der Waals surface area contributed by atoms with Crippen LogP contribution in [0.15, 0.2) is 24.3 Å². The Morgan fingerprint density at radius 2 is 1.52 bits per heavy atom. The van der Waals surface area contributed by atoms with E-state index in [4.69, 9.17) is 4.98 Å². The minimum absolute atomic E-state index is 0.281. The average molecular weight is 574 g/mol. The van der Waals surface area contributed by atoms with E-state index in [1.54, 1.807) is 0 Å². The van der Waals surface area contributed by atoms with Crippen LogP contribution >= 0.6 is 0 Å². The van der Waals surface area contributed by atoms with Crippen LogP contribution in [-0.2, 0) is 11.2 Å². The van der Waals surface area contributed by atoms with Gasteiger partial charge < -0.3 is 9.47 Å². The van der Waals surface area contributed by atoms with Crippen molar-refractivity contribution in [2.75, 3.05) is 26.2 Å². The summed E-state index contributed by atoms with van der Waals surface area (Å²) in [6, 6.07) is 12.1. The molecule has 0 radical (unpaired) electrons. The number of para-hydroxylation sites is 2. The Morgan fingerprint density at radius 3 is 2.24 bits per heavy atom. The van der Waals surface area contributed by atoms with Gasteiger partial charge >= 0.3 is 0 Å². The molecule has 3 aliphatic heterocycles. The van der Waals surface area contributed by atoms with E-state index in [1.807, 2.05) is 4.90 Å². The first kappa shape index (κ1) is 28.8. The summed E-state index contributed by atoms with van der Waals surface area (Å²) in [6.07, 6.45) is 20.4. The third-order valence-corrected chi connectivity index (χ3v) is 12.2. The van der Waals surface area contributed by atoms with Crippen molar-refractivity contribution in [3.8, 4) is 0 Å². The largest absolute Gasteiger partial charge is 0.342 e. The van der Waals surface area contributed by atoms with E-state index in [-0.39, 0.29) is 5.91 Å². The molecule has 2 aliphatic carbocycles. The maximum Gasteiger partial charge on any atom is 0.236 e. The van der Waals surface area contributed by atoms with Gasteiger partial charge in [0.2, 0.25) is 5.91 Å². The fourth-order valence-electron chi connectivity index (χ4n) is 10.3. The van der Waals surface area contributed by atoms with Crippen LogP contribution in [0.1, 0.15) is 116 Å². The van der Waals surface area contributed by atoms with Crippen LogP contribution in [0.4, 0.5) is 0 Å². The maximum atomic E-state index is 13.0. The number of carbonyl (C=O) groups excluding carboxylic acids is 1. The molecule has 5 fully saturated rings. The maximum absolute atomic E-state index is 13.0. The number of imidazole rings is 1. The van der Waals surface area contributed by atoms with Crippen molar-refractivity contribution in [1.82, 2.24) is 24.3 Å². The highest BCUT2D eigenvalue weighted by Crippen LogP contribution is 2.47. The highest BCUT2D eigenvalue weighted by Gasteiger charge is 2.45. The average Bonchev–Trinajstić information content (AvgIpc) is 3.53. The number of hydrogen-bond acceptors (Lipinski definition) is 4. The molecular weight excluding hydrogens is 518 g/mol. The van der Waals surface area contributed by atoms with Crippen molar-refractivity contribution in [2.45, 2.75) is 140 Å². The van der Waals surface area contributed by atoms with Crippen molar-refractivity contribution in [3.63, 3.8) is 0 Å². The van der Waals surface area contributed by atoms with Crippen LogP contribution in [0, 0.1) is 11.8 Å². The van der Waals surface area contributed by atoms with E-state index in [2.05, 4.69) is 52.5 Å². The van der Waals surface area contributed by atoms with Crippen LogP contribution < -0.4 is 0 Å². The normalized spacial score (nSPS) is 34.0. The number of rotatable bonds is 8. The Bertz CT molecular complexity index is 1190. The summed E-state index contributed by atoms with van der Waals surface area (Å²) < 4.78 is 2.70. The molecular formula is C36H55N5O. The molecule has 2 aromatic rings. The minimum atomic E-state index is 0.281. The standard InChI is InChI=1S/C36H55N5O/c1-3-38(4-2)36(42)25-39-18-10-15-28(39)24-35-37-33-16-7-8-17-34(33)41(35)32-22-29-13-9-14-30(23-32)40(29)31-20-26-11-5-6-12-27(19-26)21-31/h7-8,16-17,26-32H,3-6,9-15,18-25H2,1-2H3/t26-,27+,28?,29-,30+,31?,32?. The molecule has 1 amide bonds. The van der Waals surface area contributed by atoms with Gasteiger partial charge in [-0.05, 0) is 102 Å². The molecule has 1 aromatic heterocycles. The van der Waals surface area contributed by atoms with Gasteiger partial charge in [-0.1, -0.05) is 44.2 Å². The lowest BCUT2D eigenvalue weighted by Gasteiger charge is -2.54. The molecule has 6 nitrogen and oxygen atoms in total. The smallest absolute Gasteiger partial charge is 0.236 e. The number of fused-ring (bicyclic) bond motifs is 5. The third kappa shape index (κ3) is 5.67. The van der Waals surface area contributed by atoms with Crippen molar-refractivity contribution < 1.29 is 4.79 Å². The van der Waals surface area contributed by atoms with Crippen molar-refractivity contribution in [1.29, 1.82) is 0 Å². The van der Waals surface area contributed by atoms with Crippen molar-refractivity contribution >= 4 is 16.9 Å². The number of nitrogens with zero attached hydrogens (tertiary/aromatic N) is 5. The molecule has 6 heteroatoms. The Morgan fingerprint density at radius 1 is 0.810 bits per heavy atom. The highest BCUT2D eigenvalue weighted by molar-refractivity contribution is 5.78. The van der Waals surface area contributed by atoms with Crippen molar-refractivity contribution in [3.05, 3.63) is 30.1 Å². The number of piperidine rings is 2. The summed E-state index contributed by atoms with van der Waals surface area (Å²) >= 11 is 0. The van der Waals surface area contributed by atoms with Crippen LogP contribution in [0.25, 0.3) is 11.0 Å². The number of benzene rings is 1. The summed E-state index contributed by atoms with van der Waals surface area (Å²) in [5.41, 5.74) is 2.48. The molecule has 0 spiro atoms. The van der Waals surface area contributed by atoms with Crippen molar-refractivity contribution in [2.24, 2.45) is 11.8 Å². The van der Waals surface area contributed by atoms with Crippen LogP contribution in [0.3, 0.4) is 0 Å². The SMILES string of the molecule is CCN(CC)C(=O)CN1CCCC1Cc1nc2ccccc2n1C1C[C@H]2CCC[C@@H](C1)N2C1C[C@H]2CCCC[C@@H](C1)C2. The monoisotopic (exact) mass is 573 g/mol. The first-order valence-corrected chi connectivity index (χ1v) is 17.9. The van der Waals surface area contributed by atoms with E-state index < -0.39 is 0 Å². The molecule has 5 aliphatic rings. The molecule has 4 heterocycles. The van der Waals surface area contributed by atoms with Gasteiger partial charge in [-0.15, -0.1) is 0 Å². The van der Waals surface area contributed by atoms with Crippen LogP contribution in [-0.4, -0.2) is 80.5 Å². The summed E-state index contributed by atoms with van der Waals surface area (Å²) in [6.45, 7) is 7.36. The molecule has 3 saturated heterocycles. The first-order valence-electron chi connectivity index (χ1n) is 17.9. The van der Waals surface area contributed by atoms with Gasteiger partial charge in [-0.2, -0.15) is 0 Å². The molecule has 230 valence electrons. The lowest BCUT2D eigenvalue weighted by atomic mass is 9.73. The lowest BCUT2D eigenvalue weighted by molar-refractivity contribution is -0.132. The van der Waals surface area contributed by atoms with E-state index >= 15 is 0 Å². The Balaban J connectivity index is 1.12. The molecule has 42 heavy (non-hydrogen) atoms. The molecule has 1 aromatic carbocycles. The number of likely N-dealkylation sites (N-methyl/N-ethyl adjacent to an activating group) is 1. The fraction of sp³-hybridized carbons (Fsp3) is 0.778. The number of hydrogen-bond donors (Lipinski definition) is 0. The molecule has 7 atom stereocenters. The van der Waals surface area contributed by atoms with Crippen LogP contribution in [0.5, 0.6) is 0 Å². The molecule has 3 unspecified atom stereocenters. The number of aromatic nitrogens is 2. The predicted octanol–water partition coefficient (Wildman–Crippen LogP) is 6.83. The third-order valence-electron chi connectivity index (χ3n) is 12.2. The second kappa shape index (κ2) is 12.6. The Kier molecular flexibility index (Phi) is 8.64. The number of likely N-dealkylation sites (tertiary alicyclic amines) is 1. The lowest BCUT2D eigenvalue weighted by Crippen LogP contribution is -2.58. The van der Waals surface area contributed by atoms with Gasteiger partial charge in [0.1, 0.15) is 5.82 Å². The van der Waals surface area contributed by atoms with Crippen LogP contribution in [0.2, 0.25) is 0 Å². The van der Waals surface area contributed by atoms with E-state index in [0.717, 1.165) is 61.5 Å². The highest BCUT2D eigenvalue weighted by atomic mass is 16.2. The summed E-state index contributed by atoms with van der Waals surface area (Å²) in [4.78, 5) is 25.9. The van der Waals surface area contributed by atoms with Gasteiger partial charge in [0.25, 0.3) is 0 Å². The second-order valence-electron chi connectivity index (χ2n) is 14.6. The van der Waals surface area contributed by atoms with Gasteiger partial charge in [0.15, 0.2) is 0 Å². The quantitative estimate of drug-likeness (QED) is 0.347. The molecule has 0 N–H and O–H groups in total. The van der Waals surface area contributed by atoms with Gasteiger partial charge in [-0.3, -0.25) is 14.6 Å². The Hall–Kier alpha value is -1.92. The topological polar surface area (TPSA) is 44.6 Å². The summed E-state index contributed by atoms with van der Waals surface area (Å²) in [7, 11) is 0. The molecule has 7 rings (SSSR count). The minimum Gasteiger partial charge on any atom is -0.342 e. The van der Waals surface area contributed by atoms with Gasteiger partial charge in [0, 0.05) is 49.7 Å². The fourth-order valence-corrected chi connectivity index (χ4v) is 10.3. The second-order valence-corrected chi connectivity index (χ2v) is 14.6. The zero-order chi connectivity index (χ0) is 28.6. The predicted molar refractivity (Wildman–Crippen MR) is 171 cm³/mol. The first-order chi connectivity index (χ1) is 20.6. The summed E-state index contributed by atoms with van der Waals surface area (Å²) in [5.74, 6) is 3.52. The van der Waals surface area contributed by atoms with E-state index in [1.165, 1.54) is 101 Å². The number of carbonyl (C=O) groups is 1. The van der Waals surface area contributed by atoms with Gasteiger partial charge in [-0.25, -0.2) is 4.98 Å². The zero-order valence-electron chi connectivity index (χ0n) is 26.4. The number of amides is 1. The summed E-state index contributed by atoms with van der Waals surface area (Å²) in [5, 5.41) is 0. The Labute approximate surface area is 254 Å². The van der Waals surface area contributed by atoms with Gasteiger partial charge in [0.05, 0.1) is 17.6 Å².